The lowest BCUT2D eigenvalue weighted by Gasteiger charge is -2.19. The highest BCUT2D eigenvalue weighted by molar-refractivity contribution is 5.62. The first-order valence-corrected chi connectivity index (χ1v) is 5.26. The second kappa shape index (κ2) is 4.55. The van der Waals surface area contributed by atoms with Crippen LogP contribution >= 0.6 is 0 Å². The van der Waals surface area contributed by atoms with Crippen molar-refractivity contribution < 1.29 is 13.5 Å². The molecule has 0 spiro atoms. The van der Waals surface area contributed by atoms with Gasteiger partial charge in [0, 0.05) is 24.8 Å². The monoisotopic (exact) mass is 228 g/mol. The molecule has 0 aromatic heterocycles. The number of benzene rings is 1. The van der Waals surface area contributed by atoms with Gasteiger partial charge in [0.15, 0.2) is 5.75 Å². The molecule has 1 aliphatic rings. The molecule has 0 radical (unpaired) electrons. The van der Waals surface area contributed by atoms with Crippen molar-refractivity contribution in [2.45, 2.75) is 19.5 Å². The zero-order valence-electron chi connectivity index (χ0n) is 8.83. The van der Waals surface area contributed by atoms with Crippen molar-refractivity contribution in [3.8, 4) is 5.75 Å². The number of nitrogens with two attached hydrogens (primary N) is 1. The molecular formula is C11H14F2N2O. The van der Waals surface area contributed by atoms with E-state index in [1.807, 2.05) is 6.07 Å². The maximum absolute atomic E-state index is 12.1. The zero-order chi connectivity index (χ0) is 11.5. The van der Waals surface area contributed by atoms with Gasteiger partial charge in [0.05, 0.1) is 5.69 Å². The average molecular weight is 228 g/mol. The molecule has 0 amide bonds. The largest absolute Gasteiger partial charge is 0.433 e. The van der Waals surface area contributed by atoms with Gasteiger partial charge in [0.1, 0.15) is 0 Å². The summed E-state index contributed by atoms with van der Waals surface area (Å²) < 4.78 is 28.6. The molecule has 0 saturated carbocycles. The van der Waals surface area contributed by atoms with E-state index >= 15 is 0 Å². The van der Waals surface area contributed by atoms with Crippen LogP contribution in [0, 0.1) is 0 Å². The van der Waals surface area contributed by atoms with Gasteiger partial charge in [-0.25, -0.2) is 0 Å². The summed E-state index contributed by atoms with van der Waals surface area (Å²) in [5, 5.41) is 0. The lowest BCUT2D eigenvalue weighted by atomic mass is 10.2. The van der Waals surface area contributed by atoms with E-state index in [4.69, 9.17) is 5.73 Å². The Hall–Kier alpha value is -1.52. The van der Waals surface area contributed by atoms with Gasteiger partial charge in [-0.1, -0.05) is 0 Å². The fourth-order valence-electron chi connectivity index (χ4n) is 1.89. The van der Waals surface area contributed by atoms with Crippen molar-refractivity contribution in [2.75, 3.05) is 23.7 Å². The Morgan fingerprint density at radius 1 is 1.25 bits per heavy atom. The van der Waals surface area contributed by atoms with E-state index in [1.54, 1.807) is 12.1 Å². The van der Waals surface area contributed by atoms with Crippen LogP contribution in [0.2, 0.25) is 0 Å². The van der Waals surface area contributed by atoms with E-state index in [1.165, 1.54) is 0 Å². The van der Waals surface area contributed by atoms with E-state index in [9.17, 15) is 8.78 Å². The molecule has 1 fully saturated rings. The first-order valence-electron chi connectivity index (χ1n) is 5.26. The quantitative estimate of drug-likeness (QED) is 0.808. The molecule has 1 aliphatic heterocycles. The van der Waals surface area contributed by atoms with Gasteiger partial charge in [0.25, 0.3) is 0 Å². The molecule has 0 bridgehead atoms. The second-order valence-corrected chi connectivity index (χ2v) is 3.79. The molecule has 1 heterocycles. The van der Waals surface area contributed by atoms with Crippen LogP contribution in [0.1, 0.15) is 12.8 Å². The maximum atomic E-state index is 12.1. The normalized spacial score (nSPS) is 15.8. The molecule has 2 N–H and O–H groups in total. The molecule has 2 rings (SSSR count). The standard InChI is InChI=1S/C11H14F2N2O/c12-11(13)16-10-7-8(3-4-9(10)14)15-5-1-2-6-15/h3-4,7,11H,1-2,5-6,14H2. The van der Waals surface area contributed by atoms with Crippen molar-refractivity contribution >= 4 is 11.4 Å². The smallest absolute Gasteiger partial charge is 0.387 e. The Morgan fingerprint density at radius 2 is 1.94 bits per heavy atom. The summed E-state index contributed by atoms with van der Waals surface area (Å²) in [4.78, 5) is 2.14. The molecule has 1 saturated heterocycles. The third kappa shape index (κ3) is 2.35. The minimum absolute atomic E-state index is 0.0550. The first-order chi connectivity index (χ1) is 7.66. The van der Waals surface area contributed by atoms with Gasteiger partial charge in [0.2, 0.25) is 0 Å². The molecule has 88 valence electrons. The minimum atomic E-state index is -2.84. The van der Waals surface area contributed by atoms with Crippen LogP contribution in [-0.4, -0.2) is 19.7 Å². The van der Waals surface area contributed by atoms with Gasteiger partial charge in [-0.15, -0.1) is 0 Å². The lowest BCUT2D eigenvalue weighted by Crippen LogP contribution is -2.17. The van der Waals surface area contributed by atoms with Gasteiger partial charge < -0.3 is 15.4 Å². The van der Waals surface area contributed by atoms with Crippen molar-refractivity contribution in [3.63, 3.8) is 0 Å². The summed E-state index contributed by atoms with van der Waals surface area (Å²) in [6, 6.07) is 5.01. The molecule has 0 aliphatic carbocycles. The van der Waals surface area contributed by atoms with Crippen LogP contribution in [0.15, 0.2) is 18.2 Å². The molecule has 16 heavy (non-hydrogen) atoms. The highest BCUT2D eigenvalue weighted by Gasteiger charge is 2.15. The number of rotatable bonds is 3. The Morgan fingerprint density at radius 3 is 2.56 bits per heavy atom. The number of hydrogen-bond donors (Lipinski definition) is 1. The summed E-state index contributed by atoms with van der Waals surface area (Å²) >= 11 is 0. The number of ether oxygens (including phenoxy) is 1. The number of alkyl halides is 2. The first kappa shape index (κ1) is 11.0. The Balaban J connectivity index is 2.20. The Labute approximate surface area is 92.8 Å². The zero-order valence-corrected chi connectivity index (χ0v) is 8.83. The third-order valence-electron chi connectivity index (χ3n) is 2.68. The summed E-state index contributed by atoms with van der Waals surface area (Å²) in [5.74, 6) is 0.0550. The SMILES string of the molecule is Nc1ccc(N2CCCC2)cc1OC(F)F. The van der Waals surface area contributed by atoms with Gasteiger partial charge in [-0.2, -0.15) is 8.78 Å². The van der Waals surface area contributed by atoms with Gasteiger partial charge >= 0.3 is 6.61 Å². The Kier molecular flexibility index (Phi) is 3.12. The highest BCUT2D eigenvalue weighted by atomic mass is 19.3. The topological polar surface area (TPSA) is 38.5 Å². The molecular weight excluding hydrogens is 214 g/mol. The second-order valence-electron chi connectivity index (χ2n) is 3.79. The van der Waals surface area contributed by atoms with Gasteiger partial charge in [-0.05, 0) is 25.0 Å². The molecule has 1 aromatic rings. The number of hydrogen-bond acceptors (Lipinski definition) is 3. The fraction of sp³-hybridized carbons (Fsp3) is 0.455. The number of anilines is 2. The Bertz CT molecular complexity index is 365. The van der Waals surface area contributed by atoms with Crippen molar-refractivity contribution in [1.29, 1.82) is 0 Å². The lowest BCUT2D eigenvalue weighted by molar-refractivity contribution is -0.0493. The summed E-state index contributed by atoms with van der Waals surface area (Å²) in [6.07, 6.45) is 2.27. The molecule has 3 nitrogen and oxygen atoms in total. The van der Waals surface area contributed by atoms with Crippen LogP contribution < -0.4 is 15.4 Å². The van der Waals surface area contributed by atoms with E-state index < -0.39 is 6.61 Å². The van der Waals surface area contributed by atoms with E-state index in [2.05, 4.69) is 9.64 Å². The highest BCUT2D eigenvalue weighted by Crippen LogP contribution is 2.30. The summed E-state index contributed by atoms with van der Waals surface area (Å²) in [5.41, 5.74) is 6.69. The minimum Gasteiger partial charge on any atom is -0.433 e. The van der Waals surface area contributed by atoms with Crippen molar-refractivity contribution in [1.82, 2.24) is 0 Å². The summed E-state index contributed by atoms with van der Waals surface area (Å²) in [7, 11) is 0. The van der Waals surface area contributed by atoms with E-state index in [0.717, 1.165) is 31.6 Å². The van der Waals surface area contributed by atoms with Crippen molar-refractivity contribution in [3.05, 3.63) is 18.2 Å². The maximum Gasteiger partial charge on any atom is 0.387 e. The summed E-state index contributed by atoms with van der Waals surface area (Å²) in [6.45, 7) is -0.924. The molecule has 0 atom stereocenters. The van der Waals surface area contributed by atoms with Crippen LogP contribution in [0.3, 0.4) is 0 Å². The number of nitrogens with zero attached hydrogens (tertiary/aromatic N) is 1. The predicted molar refractivity (Wildman–Crippen MR) is 58.9 cm³/mol. The molecule has 1 aromatic carbocycles. The predicted octanol–water partition coefficient (Wildman–Crippen LogP) is 2.47. The van der Waals surface area contributed by atoms with E-state index in [-0.39, 0.29) is 11.4 Å². The van der Waals surface area contributed by atoms with Crippen LogP contribution in [0.25, 0.3) is 0 Å². The van der Waals surface area contributed by atoms with Crippen LogP contribution in [0.4, 0.5) is 20.2 Å². The van der Waals surface area contributed by atoms with E-state index in [0.29, 0.717) is 0 Å². The van der Waals surface area contributed by atoms with Gasteiger partial charge in [-0.3, -0.25) is 0 Å². The van der Waals surface area contributed by atoms with Crippen molar-refractivity contribution in [2.24, 2.45) is 0 Å². The fourth-order valence-corrected chi connectivity index (χ4v) is 1.89. The third-order valence-corrected chi connectivity index (χ3v) is 2.68. The molecule has 5 heteroatoms. The number of nitrogen functional groups attached to an aromatic ring is 1. The average Bonchev–Trinajstić information content (AvgIpc) is 2.73. The van der Waals surface area contributed by atoms with Crippen LogP contribution in [-0.2, 0) is 0 Å². The number of halogens is 2. The van der Waals surface area contributed by atoms with Crippen LogP contribution in [0.5, 0.6) is 5.75 Å². The molecule has 0 unspecified atom stereocenters.